The number of hydrogen-bond acceptors (Lipinski definition) is 3. The standard InChI is InChI=1S/C25H27Cl2NO4/c1-4-21(15(2)29)28-23(16-8-10-18(26)11-9-16)20(17-6-5-7-19(27)12-17)13-25(3,24(28)32)14-22(30)31/h5-12,20-21,23H,4,13-14H2,1-3H3,(H,30,31)/t20?,21?,23-,25-/m1/s1. The van der Waals surface area contributed by atoms with Crippen molar-refractivity contribution in [2.75, 3.05) is 0 Å². The smallest absolute Gasteiger partial charge is 0.304 e. The maximum atomic E-state index is 13.8. The van der Waals surface area contributed by atoms with E-state index in [9.17, 15) is 19.5 Å². The number of nitrogens with zero attached hydrogens (tertiary/aromatic N) is 1. The lowest BCUT2D eigenvalue weighted by atomic mass is 9.67. The Balaban J connectivity index is 2.26. The summed E-state index contributed by atoms with van der Waals surface area (Å²) in [5.41, 5.74) is 0.569. The van der Waals surface area contributed by atoms with Gasteiger partial charge in [0.1, 0.15) is 0 Å². The van der Waals surface area contributed by atoms with Crippen LogP contribution in [0.1, 0.15) is 63.1 Å². The number of carbonyl (C=O) groups is 3. The molecule has 2 aromatic rings. The Morgan fingerprint density at radius 2 is 1.78 bits per heavy atom. The third-order valence-electron chi connectivity index (χ3n) is 6.32. The summed E-state index contributed by atoms with van der Waals surface area (Å²) in [7, 11) is 0. The first-order chi connectivity index (χ1) is 15.1. The Kier molecular flexibility index (Phi) is 7.31. The quantitative estimate of drug-likeness (QED) is 0.540. The summed E-state index contributed by atoms with van der Waals surface area (Å²) >= 11 is 12.4. The maximum absolute atomic E-state index is 13.8. The van der Waals surface area contributed by atoms with Crippen LogP contribution in [0.4, 0.5) is 0 Å². The van der Waals surface area contributed by atoms with Gasteiger partial charge in [-0.15, -0.1) is 0 Å². The van der Waals surface area contributed by atoms with Crippen LogP contribution in [0.15, 0.2) is 48.5 Å². The van der Waals surface area contributed by atoms with Crippen LogP contribution >= 0.6 is 23.2 Å². The van der Waals surface area contributed by atoms with Gasteiger partial charge in [-0.2, -0.15) is 0 Å². The van der Waals surface area contributed by atoms with Gasteiger partial charge in [0.25, 0.3) is 0 Å². The van der Waals surface area contributed by atoms with Crippen LogP contribution in [-0.4, -0.2) is 33.7 Å². The predicted molar refractivity (Wildman–Crippen MR) is 125 cm³/mol. The lowest BCUT2D eigenvalue weighted by Crippen LogP contribution is -2.57. The van der Waals surface area contributed by atoms with E-state index in [0.29, 0.717) is 22.9 Å². The van der Waals surface area contributed by atoms with E-state index in [1.807, 2.05) is 37.3 Å². The van der Waals surface area contributed by atoms with Gasteiger partial charge in [-0.05, 0) is 55.2 Å². The average molecular weight is 476 g/mol. The second-order valence-electron chi connectivity index (χ2n) is 8.74. The van der Waals surface area contributed by atoms with Crippen molar-refractivity contribution in [1.29, 1.82) is 0 Å². The van der Waals surface area contributed by atoms with E-state index >= 15 is 0 Å². The number of halogens is 2. The zero-order valence-corrected chi connectivity index (χ0v) is 19.9. The molecule has 0 spiro atoms. The van der Waals surface area contributed by atoms with E-state index < -0.39 is 23.5 Å². The number of ketones is 1. The summed E-state index contributed by atoms with van der Waals surface area (Å²) in [6.45, 7) is 5.01. The molecule has 2 unspecified atom stereocenters. The highest BCUT2D eigenvalue weighted by Crippen LogP contribution is 2.52. The number of likely N-dealkylation sites (tertiary alicyclic amines) is 1. The van der Waals surface area contributed by atoms with Crippen molar-refractivity contribution in [2.24, 2.45) is 5.41 Å². The van der Waals surface area contributed by atoms with Crippen molar-refractivity contribution in [3.63, 3.8) is 0 Å². The molecular weight excluding hydrogens is 449 g/mol. The van der Waals surface area contributed by atoms with E-state index in [1.54, 1.807) is 30.0 Å². The second kappa shape index (κ2) is 9.63. The molecule has 32 heavy (non-hydrogen) atoms. The SMILES string of the molecule is CCC(C(C)=O)N1C(=O)[C@@](C)(CC(=O)O)CC(c2cccc(Cl)c2)[C@H]1c1ccc(Cl)cc1. The number of carboxylic acids is 1. The van der Waals surface area contributed by atoms with Crippen LogP contribution in [0, 0.1) is 5.41 Å². The molecule has 0 aromatic heterocycles. The highest BCUT2D eigenvalue weighted by Gasteiger charge is 2.52. The number of aliphatic carboxylic acids is 1. The monoisotopic (exact) mass is 475 g/mol. The van der Waals surface area contributed by atoms with Crippen molar-refractivity contribution in [2.45, 2.75) is 58.0 Å². The fourth-order valence-corrected chi connectivity index (χ4v) is 5.23. The number of Topliss-reactive ketones (excluding diaryl/α,β-unsaturated/α-hetero) is 1. The molecule has 0 radical (unpaired) electrons. The number of carboxylic acid groups (broad SMARTS) is 1. The second-order valence-corrected chi connectivity index (χ2v) is 9.61. The third-order valence-corrected chi connectivity index (χ3v) is 6.81. The molecule has 7 heteroatoms. The van der Waals surface area contributed by atoms with Crippen LogP contribution in [0.5, 0.6) is 0 Å². The van der Waals surface area contributed by atoms with E-state index in [2.05, 4.69) is 0 Å². The minimum atomic E-state index is -1.16. The molecule has 1 saturated heterocycles. The van der Waals surface area contributed by atoms with Crippen LogP contribution in [0.25, 0.3) is 0 Å². The number of rotatable bonds is 7. The van der Waals surface area contributed by atoms with E-state index in [1.165, 1.54) is 6.92 Å². The molecule has 1 aliphatic heterocycles. The Labute approximate surface area is 198 Å². The molecule has 1 aliphatic rings. The van der Waals surface area contributed by atoms with Gasteiger partial charge in [-0.3, -0.25) is 14.4 Å². The Morgan fingerprint density at radius 3 is 2.31 bits per heavy atom. The van der Waals surface area contributed by atoms with E-state index in [4.69, 9.17) is 23.2 Å². The van der Waals surface area contributed by atoms with Gasteiger partial charge < -0.3 is 10.0 Å². The van der Waals surface area contributed by atoms with Gasteiger partial charge >= 0.3 is 5.97 Å². The molecular formula is C25H27Cl2NO4. The van der Waals surface area contributed by atoms with E-state index in [-0.39, 0.29) is 24.0 Å². The van der Waals surface area contributed by atoms with Gasteiger partial charge in [0.15, 0.2) is 5.78 Å². The molecule has 2 aromatic carbocycles. The summed E-state index contributed by atoms with van der Waals surface area (Å²) in [6.07, 6.45) is 0.425. The van der Waals surface area contributed by atoms with Crippen LogP contribution in [0.2, 0.25) is 10.0 Å². The summed E-state index contributed by atoms with van der Waals surface area (Å²) in [5.74, 6) is -1.76. The molecule has 1 amide bonds. The molecule has 3 rings (SSSR count). The van der Waals surface area contributed by atoms with Gasteiger partial charge in [0, 0.05) is 16.0 Å². The van der Waals surface area contributed by atoms with Gasteiger partial charge in [0.2, 0.25) is 5.91 Å². The average Bonchev–Trinajstić information content (AvgIpc) is 2.71. The molecule has 1 fully saturated rings. The molecule has 4 atom stereocenters. The first kappa shape index (κ1) is 24.3. The van der Waals surface area contributed by atoms with Crippen molar-refractivity contribution in [3.8, 4) is 0 Å². The number of carbonyl (C=O) groups excluding carboxylic acids is 2. The molecule has 1 N–H and O–H groups in total. The lowest BCUT2D eigenvalue weighted by molar-refractivity contribution is -0.162. The first-order valence-electron chi connectivity index (χ1n) is 10.6. The summed E-state index contributed by atoms with van der Waals surface area (Å²) in [6, 6.07) is 13.5. The normalized spacial score (nSPS) is 24.3. The van der Waals surface area contributed by atoms with E-state index in [0.717, 1.165) is 11.1 Å². The number of benzene rings is 2. The largest absolute Gasteiger partial charge is 0.481 e. The summed E-state index contributed by atoms with van der Waals surface area (Å²) in [4.78, 5) is 39.8. The first-order valence-corrected chi connectivity index (χ1v) is 11.4. The van der Waals surface area contributed by atoms with Crippen molar-refractivity contribution >= 4 is 40.9 Å². The van der Waals surface area contributed by atoms with Crippen LogP contribution in [0.3, 0.4) is 0 Å². The summed E-state index contributed by atoms with van der Waals surface area (Å²) in [5, 5.41) is 10.7. The van der Waals surface area contributed by atoms with Crippen molar-refractivity contribution < 1.29 is 19.5 Å². The Bertz CT molecular complexity index is 1020. The highest BCUT2D eigenvalue weighted by molar-refractivity contribution is 6.30. The highest BCUT2D eigenvalue weighted by atomic mass is 35.5. The fourth-order valence-electron chi connectivity index (χ4n) is 4.90. The van der Waals surface area contributed by atoms with Gasteiger partial charge in [-0.25, -0.2) is 0 Å². The number of piperidine rings is 1. The number of hydrogen-bond donors (Lipinski definition) is 1. The molecule has 1 heterocycles. The minimum Gasteiger partial charge on any atom is -0.481 e. The molecule has 0 saturated carbocycles. The topological polar surface area (TPSA) is 74.7 Å². The number of amides is 1. The Hall–Kier alpha value is -2.37. The van der Waals surface area contributed by atoms with Crippen LogP contribution < -0.4 is 0 Å². The minimum absolute atomic E-state index is 0.135. The molecule has 0 bridgehead atoms. The molecule has 5 nitrogen and oxygen atoms in total. The Morgan fingerprint density at radius 1 is 1.12 bits per heavy atom. The maximum Gasteiger partial charge on any atom is 0.304 e. The lowest BCUT2D eigenvalue weighted by Gasteiger charge is -2.51. The zero-order valence-electron chi connectivity index (χ0n) is 18.3. The van der Waals surface area contributed by atoms with Crippen molar-refractivity contribution in [1.82, 2.24) is 4.90 Å². The van der Waals surface area contributed by atoms with Crippen LogP contribution in [-0.2, 0) is 14.4 Å². The summed E-state index contributed by atoms with van der Waals surface area (Å²) < 4.78 is 0. The molecule has 0 aliphatic carbocycles. The predicted octanol–water partition coefficient (Wildman–Crippen LogP) is 5.90. The molecule has 170 valence electrons. The third kappa shape index (κ3) is 4.84. The van der Waals surface area contributed by atoms with Gasteiger partial charge in [0.05, 0.1) is 23.9 Å². The van der Waals surface area contributed by atoms with Gasteiger partial charge in [-0.1, -0.05) is 61.3 Å². The fraction of sp³-hybridized carbons (Fsp3) is 0.400. The zero-order chi connectivity index (χ0) is 23.6. The van der Waals surface area contributed by atoms with Crippen molar-refractivity contribution in [3.05, 3.63) is 69.7 Å².